The van der Waals surface area contributed by atoms with Gasteiger partial charge in [0.1, 0.15) is 17.5 Å². The van der Waals surface area contributed by atoms with Crippen LogP contribution in [0.15, 0.2) is 108 Å². The molecule has 0 spiro atoms. The maximum Gasteiger partial charge on any atom is 0.327 e. The van der Waals surface area contributed by atoms with Crippen molar-refractivity contribution in [3.05, 3.63) is 124 Å². The maximum absolute atomic E-state index is 13.5. The summed E-state index contributed by atoms with van der Waals surface area (Å²) in [6.45, 7) is 0. The van der Waals surface area contributed by atoms with Gasteiger partial charge in [-0.05, 0) is 60.2 Å². The second kappa shape index (κ2) is 13.6. The van der Waals surface area contributed by atoms with Gasteiger partial charge in [-0.2, -0.15) is 11.8 Å². The Bertz CT molecular complexity index is 1680. The smallest absolute Gasteiger partial charge is 0.327 e. The Morgan fingerprint density at radius 3 is 2.17 bits per heavy atom. The van der Waals surface area contributed by atoms with Gasteiger partial charge in [0.05, 0.1) is 10.0 Å². The minimum absolute atomic E-state index is 0.0766. The van der Waals surface area contributed by atoms with Crippen LogP contribution >= 0.6 is 35.0 Å². The topological polar surface area (TPSA) is 102 Å². The lowest BCUT2D eigenvalue weighted by Gasteiger charge is -2.14. The molecule has 42 heavy (non-hydrogen) atoms. The number of aromatic nitrogens is 1. The van der Waals surface area contributed by atoms with Crippen molar-refractivity contribution in [3.63, 3.8) is 0 Å². The number of halogens is 2. The third-order valence-electron chi connectivity index (χ3n) is 6.10. The number of carboxylic acid groups (broad SMARTS) is 1. The van der Waals surface area contributed by atoms with E-state index >= 15 is 0 Å². The first-order valence-corrected chi connectivity index (χ1v) is 14.7. The number of benzene rings is 4. The van der Waals surface area contributed by atoms with Gasteiger partial charge in [-0.3, -0.25) is 4.79 Å². The molecule has 0 saturated heterocycles. The number of ether oxygens (including phenoxy) is 1. The standard InChI is InChI=1S/C32H24Cl2N2O5S/c33-25-16-13-22(17-26(25)34)29-28(30(37)35-27(32(38)39)19-42-18-20-7-3-1-4-8-20)36-31(41-29)21-11-14-24(15-12-21)40-23-9-5-2-6-10-23/h1-17,27H,18-19H2,(H,35,37)(H,38,39)/t27-/m0/s1. The molecule has 1 amide bonds. The molecule has 5 aromatic rings. The molecule has 5 rings (SSSR count). The molecule has 0 radical (unpaired) electrons. The highest BCUT2D eigenvalue weighted by molar-refractivity contribution is 7.98. The Kier molecular flexibility index (Phi) is 9.48. The summed E-state index contributed by atoms with van der Waals surface area (Å²) in [5.74, 6) is 0.511. The zero-order valence-corrected chi connectivity index (χ0v) is 24.3. The number of rotatable bonds is 11. The van der Waals surface area contributed by atoms with Crippen molar-refractivity contribution in [2.75, 3.05) is 5.75 Å². The highest BCUT2D eigenvalue weighted by Crippen LogP contribution is 2.34. The summed E-state index contributed by atoms with van der Waals surface area (Å²) >= 11 is 13.8. The zero-order chi connectivity index (χ0) is 29.5. The molecule has 2 N–H and O–H groups in total. The fourth-order valence-corrected chi connectivity index (χ4v) is 5.30. The maximum atomic E-state index is 13.5. The molecule has 0 aliphatic heterocycles. The van der Waals surface area contributed by atoms with Gasteiger partial charge < -0.3 is 19.6 Å². The molecule has 1 aromatic heterocycles. The van der Waals surface area contributed by atoms with E-state index in [0.717, 1.165) is 5.56 Å². The van der Waals surface area contributed by atoms with Crippen LogP contribution in [-0.2, 0) is 10.5 Å². The van der Waals surface area contributed by atoms with Crippen molar-refractivity contribution in [2.24, 2.45) is 0 Å². The van der Waals surface area contributed by atoms with Gasteiger partial charge >= 0.3 is 5.97 Å². The summed E-state index contributed by atoms with van der Waals surface area (Å²) in [5, 5.41) is 13.0. The monoisotopic (exact) mass is 618 g/mol. The van der Waals surface area contributed by atoms with E-state index in [1.807, 2.05) is 60.7 Å². The molecule has 212 valence electrons. The molecule has 0 aliphatic carbocycles. The molecule has 4 aromatic carbocycles. The average molecular weight is 620 g/mol. The number of aliphatic carboxylic acids is 1. The predicted octanol–water partition coefficient (Wildman–Crippen LogP) is 8.22. The number of para-hydroxylation sites is 1. The number of hydrogen-bond donors (Lipinski definition) is 2. The Morgan fingerprint density at radius 2 is 1.50 bits per heavy atom. The number of carbonyl (C=O) groups is 2. The first kappa shape index (κ1) is 29.3. The quantitative estimate of drug-likeness (QED) is 0.154. The normalized spacial score (nSPS) is 11.6. The number of oxazole rings is 1. The molecule has 1 heterocycles. The first-order chi connectivity index (χ1) is 20.4. The number of hydrogen-bond acceptors (Lipinski definition) is 6. The van der Waals surface area contributed by atoms with Gasteiger partial charge in [-0.15, -0.1) is 0 Å². The van der Waals surface area contributed by atoms with E-state index < -0.39 is 17.9 Å². The van der Waals surface area contributed by atoms with Gasteiger partial charge in [0.15, 0.2) is 11.5 Å². The van der Waals surface area contributed by atoms with Crippen LogP contribution in [0, 0.1) is 0 Å². The Morgan fingerprint density at radius 1 is 0.857 bits per heavy atom. The number of thioether (sulfide) groups is 1. The largest absolute Gasteiger partial charge is 0.480 e. The van der Waals surface area contributed by atoms with Crippen molar-refractivity contribution < 1.29 is 23.8 Å². The van der Waals surface area contributed by atoms with E-state index in [1.165, 1.54) is 11.8 Å². The predicted molar refractivity (Wildman–Crippen MR) is 165 cm³/mol. The molecule has 0 unspecified atom stereocenters. The van der Waals surface area contributed by atoms with Crippen LogP contribution in [0.5, 0.6) is 11.5 Å². The fourth-order valence-electron chi connectivity index (χ4n) is 3.99. The minimum Gasteiger partial charge on any atom is -0.480 e. The van der Waals surface area contributed by atoms with Crippen LogP contribution in [-0.4, -0.2) is 33.8 Å². The molecule has 10 heteroatoms. The lowest BCUT2D eigenvalue weighted by molar-refractivity contribution is -0.138. The molecule has 1 atom stereocenters. The molecule has 0 fully saturated rings. The summed E-state index contributed by atoms with van der Waals surface area (Å²) in [6.07, 6.45) is 0. The van der Waals surface area contributed by atoms with Crippen LogP contribution in [0.4, 0.5) is 0 Å². The number of carboxylic acids is 1. The van der Waals surface area contributed by atoms with Crippen molar-refractivity contribution in [2.45, 2.75) is 11.8 Å². The van der Waals surface area contributed by atoms with Crippen LogP contribution in [0.25, 0.3) is 22.8 Å². The lowest BCUT2D eigenvalue weighted by Crippen LogP contribution is -2.42. The van der Waals surface area contributed by atoms with Crippen molar-refractivity contribution >= 4 is 46.8 Å². The van der Waals surface area contributed by atoms with Crippen LogP contribution in [0.1, 0.15) is 16.1 Å². The molecular weight excluding hydrogens is 595 g/mol. The van der Waals surface area contributed by atoms with E-state index in [-0.39, 0.29) is 28.1 Å². The van der Waals surface area contributed by atoms with E-state index in [2.05, 4.69) is 10.3 Å². The third-order valence-corrected chi connectivity index (χ3v) is 7.95. The lowest BCUT2D eigenvalue weighted by atomic mass is 10.1. The Balaban J connectivity index is 1.39. The van der Waals surface area contributed by atoms with Gasteiger partial charge in [-0.25, -0.2) is 9.78 Å². The van der Waals surface area contributed by atoms with E-state index in [1.54, 1.807) is 42.5 Å². The average Bonchev–Trinajstić information content (AvgIpc) is 3.45. The summed E-state index contributed by atoms with van der Waals surface area (Å²) < 4.78 is 11.9. The number of carbonyl (C=O) groups excluding carboxylic acids is 1. The summed E-state index contributed by atoms with van der Waals surface area (Å²) in [6, 6.07) is 29.7. The molecule has 0 bridgehead atoms. The molecule has 0 aliphatic rings. The van der Waals surface area contributed by atoms with Crippen molar-refractivity contribution in [1.29, 1.82) is 0 Å². The molecule has 7 nitrogen and oxygen atoms in total. The fraction of sp³-hybridized carbons (Fsp3) is 0.0938. The second-order valence-electron chi connectivity index (χ2n) is 9.13. The summed E-state index contributed by atoms with van der Waals surface area (Å²) in [5.41, 5.74) is 2.03. The van der Waals surface area contributed by atoms with E-state index in [9.17, 15) is 14.7 Å². The summed E-state index contributed by atoms with van der Waals surface area (Å²) in [7, 11) is 0. The second-order valence-corrected chi connectivity index (χ2v) is 11.0. The van der Waals surface area contributed by atoms with Crippen LogP contribution < -0.4 is 10.1 Å². The summed E-state index contributed by atoms with van der Waals surface area (Å²) in [4.78, 5) is 29.9. The highest BCUT2D eigenvalue weighted by Gasteiger charge is 2.27. The third kappa shape index (κ3) is 7.33. The van der Waals surface area contributed by atoms with Crippen molar-refractivity contribution in [1.82, 2.24) is 10.3 Å². The number of amides is 1. The van der Waals surface area contributed by atoms with Gasteiger partial charge in [0.2, 0.25) is 5.89 Å². The molecular formula is C32H24Cl2N2O5S. The van der Waals surface area contributed by atoms with Gasteiger partial charge in [0, 0.05) is 22.6 Å². The number of nitrogens with one attached hydrogen (secondary N) is 1. The Labute approximate surface area is 256 Å². The zero-order valence-electron chi connectivity index (χ0n) is 22.0. The highest BCUT2D eigenvalue weighted by atomic mass is 35.5. The number of nitrogens with zero attached hydrogens (tertiary/aromatic N) is 1. The van der Waals surface area contributed by atoms with E-state index in [0.29, 0.717) is 33.4 Å². The van der Waals surface area contributed by atoms with Crippen LogP contribution in [0.2, 0.25) is 10.0 Å². The van der Waals surface area contributed by atoms with Crippen molar-refractivity contribution in [3.8, 4) is 34.3 Å². The molecule has 0 saturated carbocycles. The van der Waals surface area contributed by atoms with Gasteiger partial charge in [-0.1, -0.05) is 71.7 Å². The minimum atomic E-state index is -1.15. The Hall–Kier alpha value is -4.24. The van der Waals surface area contributed by atoms with Crippen LogP contribution in [0.3, 0.4) is 0 Å². The van der Waals surface area contributed by atoms with E-state index in [4.69, 9.17) is 32.4 Å². The first-order valence-electron chi connectivity index (χ1n) is 12.8. The SMILES string of the molecule is O=C(N[C@@H](CSCc1ccccc1)C(=O)O)c1nc(-c2ccc(Oc3ccccc3)cc2)oc1-c1ccc(Cl)c(Cl)c1. The van der Waals surface area contributed by atoms with Gasteiger partial charge in [0.25, 0.3) is 5.91 Å².